The lowest BCUT2D eigenvalue weighted by molar-refractivity contribution is -0.142. The lowest BCUT2D eigenvalue weighted by Crippen LogP contribution is -2.44. The molecule has 2 N–H and O–H groups in total. The second-order valence-electron chi connectivity index (χ2n) is 7.03. The first-order chi connectivity index (χ1) is 15.2. The third-order valence-corrected chi connectivity index (χ3v) is 5.36. The Morgan fingerprint density at radius 2 is 1.69 bits per heavy atom. The van der Waals surface area contributed by atoms with Crippen molar-refractivity contribution in [1.29, 1.82) is 0 Å². The smallest absolute Gasteiger partial charge is 0.322 e. The van der Waals surface area contributed by atoms with Gasteiger partial charge in [-0.2, -0.15) is 13.2 Å². The molecular weight excluding hydrogens is 462 g/mol. The van der Waals surface area contributed by atoms with Gasteiger partial charge in [0, 0.05) is 16.3 Å². The van der Waals surface area contributed by atoms with E-state index in [1.54, 1.807) is 72.8 Å². The van der Waals surface area contributed by atoms with Crippen molar-refractivity contribution in [2.24, 2.45) is 0 Å². The molecule has 9 heteroatoms. The quantitative estimate of drug-likeness (QED) is 0.448. The molecule has 0 aliphatic carbocycles. The van der Waals surface area contributed by atoms with Gasteiger partial charge in [0.05, 0.1) is 16.4 Å². The summed E-state index contributed by atoms with van der Waals surface area (Å²) in [6.07, 6.45) is -3.40. The molecule has 4 nitrogen and oxygen atoms in total. The summed E-state index contributed by atoms with van der Waals surface area (Å²) in [5, 5.41) is 4.82. The molecule has 0 fully saturated rings. The van der Waals surface area contributed by atoms with Crippen molar-refractivity contribution >= 4 is 46.2 Å². The average Bonchev–Trinajstić information content (AvgIpc) is 3.20. The minimum Gasteiger partial charge on any atom is -0.322 e. The van der Waals surface area contributed by atoms with Crippen LogP contribution in [0, 0.1) is 0 Å². The summed E-state index contributed by atoms with van der Waals surface area (Å²) in [7, 11) is 0. The fraction of sp³-hybridized carbons (Fsp3) is 0.0870. The van der Waals surface area contributed by atoms with Gasteiger partial charge in [0.1, 0.15) is 6.04 Å². The molecule has 0 saturated heterocycles. The first-order valence-corrected chi connectivity index (χ1v) is 10.2. The summed E-state index contributed by atoms with van der Waals surface area (Å²) in [6, 6.07) is 17.7. The number of nitrogens with zero attached hydrogens (tertiary/aromatic N) is 1. The van der Waals surface area contributed by atoms with Crippen LogP contribution in [-0.2, 0) is 0 Å². The molecule has 0 bridgehead atoms. The maximum Gasteiger partial charge on any atom is 0.409 e. The van der Waals surface area contributed by atoms with Crippen LogP contribution in [0.2, 0.25) is 10.0 Å². The number of amides is 1. The van der Waals surface area contributed by atoms with Crippen LogP contribution in [0.3, 0.4) is 0 Å². The van der Waals surface area contributed by atoms with E-state index >= 15 is 0 Å². The molecule has 164 valence electrons. The zero-order valence-corrected chi connectivity index (χ0v) is 17.8. The van der Waals surface area contributed by atoms with Gasteiger partial charge in [0.25, 0.3) is 5.91 Å². The van der Waals surface area contributed by atoms with E-state index in [2.05, 4.69) is 10.7 Å². The number of benzene rings is 3. The van der Waals surface area contributed by atoms with Gasteiger partial charge in [0.2, 0.25) is 0 Å². The minimum absolute atomic E-state index is 0.280. The molecule has 0 saturated carbocycles. The predicted molar refractivity (Wildman–Crippen MR) is 121 cm³/mol. The molecule has 3 aromatic rings. The Bertz CT molecular complexity index is 1180. The molecule has 32 heavy (non-hydrogen) atoms. The van der Waals surface area contributed by atoms with Crippen LogP contribution in [-0.4, -0.2) is 18.1 Å². The first kappa shape index (κ1) is 22.2. The Balaban J connectivity index is 1.61. The van der Waals surface area contributed by atoms with Gasteiger partial charge >= 0.3 is 6.18 Å². The number of anilines is 2. The third-order valence-electron chi connectivity index (χ3n) is 4.80. The van der Waals surface area contributed by atoms with Crippen molar-refractivity contribution in [3.63, 3.8) is 0 Å². The fourth-order valence-electron chi connectivity index (χ4n) is 3.27. The highest BCUT2D eigenvalue weighted by Crippen LogP contribution is 2.37. The van der Waals surface area contributed by atoms with E-state index in [0.29, 0.717) is 32.5 Å². The van der Waals surface area contributed by atoms with E-state index in [9.17, 15) is 18.0 Å². The molecule has 4 rings (SSSR count). The topological polar surface area (TPSA) is 44.4 Å². The summed E-state index contributed by atoms with van der Waals surface area (Å²) >= 11 is 12.2. The number of hydrazine groups is 1. The standard InChI is InChI=1S/C23H16Cl2F3N3O/c24-16-4-3-5-17(12-16)29-22(32)15-10-8-14(9-11-15)20-13-21(23(26,27)28)30-31(20)19-7-2-1-6-18(19)25/h1-13,21,30H,(H,29,32). The highest BCUT2D eigenvalue weighted by Gasteiger charge is 2.44. The predicted octanol–water partition coefficient (Wildman–Crippen LogP) is 6.54. The second kappa shape index (κ2) is 8.86. The van der Waals surface area contributed by atoms with Crippen LogP contribution in [0.4, 0.5) is 24.5 Å². The molecule has 1 unspecified atom stereocenters. The molecule has 0 aromatic heterocycles. The van der Waals surface area contributed by atoms with E-state index in [-0.39, 0.29) is 11.6 Å². The molecule has 1 heterocycles. The van der Waals surface area contributed by atoms with Crippen molar-refractivity contribution < 1.29 is 18.0 Å². The highest BCUT2D eigenvalue weighted by molar-refractivity contribution is 6.33. The number of hydrogen-bond acceptors (Lipinski definition) is 3. The number of alkyl halides is 3. The van der Waals surface area contributed by atoms with Crippen molar-refractivity contribution in [3.05, 3.63) is 100 Å². The summed E-state index contributed by atoms with van der Waals surface area (Å²) in [4.78, 5) is 12.5. The Morgan fingerprint density at radius 3 is 2.34 bits per heavy atom. The van der Waals surface area contributed by atoms with E-state index in [1.165, 1.54) is 5.01 Å². The van der Waals surface area contributed by atoms with Crippen LogP contribution in [0.1, 0.15) is 15.9 Å². The van der Waals surface area contributed by atoms with Crippen LogP contribution in [0.5, 0.6) is 0 Å². The summed E-state index contributed by atoms with van der Waals surface area (Å²) in [5.74, 6) is -0.367. The molecule has 0 spiro atoms. The second-order valence-corrected chi connectivity index (χ2v) is 7.87. The average molecular weight is 478 g/mol. The highest BCUT2D eigenvalue weighted by atomic mass is 35.5. The maximum absolute atomic E-state index is 13.4. The molecule has 1 amide bonds. The summed E-state index contributed by atoms with van der Waals surface area (Å²) in [6.45, 7) is 0. The van der Waals surface area contributed by atoms with Crippen molar-refractivity contribution in [1.82, 2.24) is 5.43 Å². The van der Waals surface area contributed by atoms with Gasteiger partial charge in [-0.05, 0) is 54.1 Å². The van der Waals surface area contributed by atoms with Gasteiger partial charge in [0.15, 0.2) is 0 Å². The summed E-state index contributed by atoms with van der Waals surface area (Å²) < 4.78 is 40.2. The minimum atomic E-state index is -4.49. The van der Waals surface area contributed by atoms with Crippen LogP contribution < -0.4 is 15.8 Å². The third kappa shape index (κ3) is 4.75. The number of para-hydroxylation sites is 1. The van der Waals surface area contributed by atoms with Gasteiger partial charge < -0.3 is 5.32 Å². The normalized spacial score (nSPS) is 16.1. The van der Waals surface area contributed by atoms with Crippen LogP contribution in [0.25, 0.3) is 5.70 Å². The molecule has 1 aliphatic rings. The number of carbonyl (C=O) groups is 1. The Labute approximate surface area is 192 Å². The number of halogens is 5. The van der Waals surface area contributed by atoms with E-state index in [1.807, 2.05) is 0 Å². The lowest BCUT2D eigenvalue weighted by Gasteiger charge is -2.26. The Kier molecular flexibility index (Phi) is 6.15. The van der Waals surface area contributed by atoms with Crippen LogP contribution >= 0.6 is 23.2 Å². The van der Waals surface area contributed by atoms with Gasteiger partial charge in [-0.3, -0.25) is 9.80 Å². The molecule has 0 radical (unpaired) electrons. The van der Waals surface area contributed by atoms with Gasteiger partial charge in [-0.25, -0.2) is 5.43 Å². The number of nitrogens with one attached hydrogen (secondary N) is 2. The van der Waals surface area contributed by atoms with E-state index in [0.717, 1.165) is 6.08 Å². The zero-order chi connectivity index (χ0) is 22.9. The van der Waals surface area contributed by atoms with Crippen molar-refractivity contribution in [3.8, 4) is 0 Å². The largest absolute Gasteiger partial charge is 0.409 e. The van der Waals surface area contributed by atoms with Crippen molar-refractivity contribution in [2.45, 2.75) is 12.2 Å². The van der Waals surface area contributed by atoms with Gasteiger partial charge in [-0.15, -0.1) is 0 Å². The monoisotopic (exact) mass is 477 g/mol. The number of carbonyl (C=O) groups excluding carboxylic acids is 1. The number of hydrogen-bond donors (Lipinski definition) is 2. The molecule has 3 aromatic carbocycles. The Morgan fingerprint density at radius 1 is 0.969 bits per heavy atom. The summed E-state index contributed by atoms with van der Waals surface area (Å²) in [5.41, 5.74) is 4.48. The van der Waals surface area contributed by atoms with E-state index in [4.69, 9.17) is 23.2 Å². The zero-order valence-electron chi connectivity index (χ0n) is 16.3. The van der Waals surface area contributed by atoms with E-state index < -0.39 is 12.2 Å². The SMILES string of the molecule is O=C(Nc1cccc(Cl)c1)c1ccc(C2=CC(C(F)(F)F)NN2c2ccccc2Cl)cc1. The van der Waals surface area contributed by atoms with Crippen LogP contribution in [0.15, 0.2) is 78.9 Å². The molecular formula is C23H16Cl2F3N3O. The number of rotatable bonds is 4. The van der Waals surface area contributed by atoms with Gasteiger partial charge in [-0.1, -0.05) is 53.5 Å². The molecule has 1 atom stereocenters. The molecule has 1 aliphatic heterocycles. The first-order valence-electron chi connectivity index (χ1n) is 9.49. The van der Waals surface area contributed by atoms with Crippen molar-refractivity contribution in [2.75, 3.05) is 10.3 Å². The lowest BCUT2D eigenvalue weighted by atomic mass is 10.1. The fourth-order valence-corrected chi connectivity index (χ4v) is 3.68. The maximum atomic E-state index is 13.4. The Hall–Kier alpha value is -3.00.